The van der Waals surface area contributed by atoms with Crippen molar-refractivity contribution in [2.24, 2.45) is 0 Å². The van der Waals surface area contributed by atoms with Crippen molar-refractivity contribution in [2.45, 2.75) is 91.9 Å². The van der Waals surface area contributed by atoms with Gasteiger partial charge in [-0.15, -0.1) is 0 Å². The maximum Gasteiger partial charge on any atom is 0.219 e. The van der Waals surface area contributed by atoms with Crippen LogP contribution in [0.4, 0.5) is 0 Å². The van der Waals surface area contributed by atoms with Gasteiger partial charge in [-0.25, -0.2) is 0 Å². The molecule has 1 N–H and O–H groups in total. The van der Waals surface area contributed by atoms with Crippen LogP contribution in [0.1, 0.15) is 91.9 Å². The lowest BCUT2D eigenvalue weighted by atomic mass is 10.1. The summed E-state index contributed by atoms with van der Waals surface area (Å²) in [4.78, 5) is 32.7. The Hall–Kier alpha value is -1.27. The molecule has 0 aliphatic rings. The van der Waals surface area contributed by atoms with E-state index in [-0.39, 0.29) is 5.91 Å². The van der Waals surface area contributed by atoms with Gasteiger partial charge >= 0.3 is 0 Å². The fourth-order valence-corrected chi connectivity index (χ4v) is 2.17. The molecule has 0 fully saturated rings. The second kappa shape index (κ2) is 23.8. The van der Waals surface area contributed by atoms with Gasteiger partial charge in [0, 0.05) is 51.9 Å². The van der Waals surface area contributed by atoms with Crippen molar-refractivity contribution in [1.82, 2.24) is 5.32 Å². The average molecular weight is 402 g/mol. The normalized spacial score (nSPS) is 10.1. The summed E-state index contributed by atoms with van der Waals surface area (Å²) in [5, 5.41) is 2.81. The summed E-state index contributed by atoms with van der Waals surface area (Å²) in [6, 6.07) is 0. The number of hydrogen-bond acceptors (Lipinski definition) is 5. The number of rotatable bonds is 18. The number of amides is 1. The maximum atomic E-state index is 10.9. The molecule has 0 saturated heterocycles. The largest absolute Gasteiger partial charge is 0.379 e. The van der Waals surface area contributed by atoms with Gasteiger partial charge < -0.3 is 14.8 Å². The van der Waals surface area contributed by atoms with Crippen molar-refractivity contribution >= 4 is 17.5 Å². The van der Waals surface area contributed by atoms with Crippen LogP contribution in [0, 0.1) is 0 Å². The maximum absolute atomic E-state index is 10.9. The first-order valence-corrected chi connectivity index (χ1v) is 11.0. The quantitative estimate of drug-likeness (QED) is 0.347. The summed E-state index contributed by atoms with van der Waals surface area (Å²) in [6.07, 6.45) is 8.00. The van der Waals surface area contributed by atoms with E-state index in [0.717, 1.165) is 45.3 Å². The van der Waals surface area contributed by atoms with Gasteiger partial charge in [-0.05, 0) is 25.7 Å². The Bertz CT molecular complexity index is 365. The van der Waals surface area contributed by atoms with Gasteiger partial charge in [0.2, 0.25) is 5.91 Å². The second-order valence-electron chi connectivity index (χ2n) is 6.63. The molecule has 0 saturated carbocycles. The van der Waals surface area contributed by atoms with Crippen molar-refractivity contribution < 1.29 is 23.9 Å². The lowest BCUT2D eigenvalue weighted by Gasteiger charge is -2.04. The van der Waals surface area contributed by atoms with Gasteiger partial charge in [0.15, 0.2) is 0 Å². The molecule has 0 rings (SSSR count). The van der Waals surface area contributed by atoms with Gasteiger partial charge in [0.05, 0.1) is 13.2 Å². The molecule has 0 atom stereocenters. The SMILES string of the molecule is CCC(=O)CCCCCNC(=O)CC.CCCOCCOCCCC(=O)CC. The fourth-order valence-electron chi connectivity index (χ4n) is 2.17. The van der Waals surface area contributed by atoms with E-state index in [9.17, 15) is 14.4 Å². The highest BCUT2D eigenvalue weighted by molar-refractivity contribution is 5.78. The molecular formula is C22H43NO5. The Labute approximate surface area is 172 Å². The van der Waals surface area contributed by atoms with Gasteiger partial charge in [0.1, 0.15) is 11.6 Å². The molecule has 0 aliphatic heterocycles. The van der Waals surface area contributed by atoms with Crippen LogP contribution in [-0.2, 0) is 23.9 Å². The van der Waals surface area contributed by atoms with Crippen LogP contribution in [-0.4, -0.2) is 50.4 Å². The predicted molar refractivity (Wildman–Crippen MR) is 114 cm³/mol. The number of carbonyl (C=O) groups is 3. The highest BCUT2D eigenvalue weighted by Gasteiger charge is 1.99. The van der Waals surface area contributed by atoms with Crippen molar-refractivity contribution in [3.8, 4) is 0 Å². The van der Waals surface area contributed by atoms with Crippen molar-refractivity contribution in [1.29, 1.82) is 0 Å². The summed E-state index contributed by atoms with van der Waals surface area (Å²) in [7, 11) is 0. The monoisotopic (exact) mass is 401 g/mol. The summed E-state index contributed by atoms with van der Waals surface area (Å²) in [5.41, 5.74) is 0. The molecule has 0 spiro atoms. The average Bonchev–Trinajstić information content (AvgIpc) is 2.72. The summed E-state index contributed by atoms with van der Waals surface area (Å²) >= 11 is 0. The van der Waals surface area contributed by atoms with Crippen LogP contribution in [0.25, 0.3) is 0 Å². The number of ketones is 2. The van der Waals surface area contributed by atoms with Gasteiger partial charge in [-0.2, -0.15) is 0 Å². The minimum absolute atomic E-state index is 0.106. The standard InChI is InChI=1S/C11H21NO2.C11H22O3/c1-3-10(13)8-6-5-7-9-12-11(14)4-2;1-3-7-13-9-10-14-8-5-6-11(12)4-2/h3-9H2,1-2H3,(H,12,14);3-10H2,1-2H3. The van der Waals surface area contributed by atoms with Crippen LogP contribution in [0.5, 0.6) is 0 Å². The summed E-state index contributed by atoms with van der Waals surface area (Å²) in [6.45, 7) is 11.2. The van der Waals surface area contributed by atoms with Gasteiger partial charge in [0.25, 0.3) is 0 Å². The van der Waals surface area contributed by atoms with E-state index in [1.807, 2.05) is 20.8 Å². The molecule has 0 unspecified atom stereocenters. The molecule has 0 aromatic heterocycles. The molecule has 0 bridgehead atoms. The van der Waals surface area contributed by atoms with E-state index in [1.165, 1.54) is 0 Å². The third kappa shape index (κ3) is 24.7. The highest BCUT2D eigenvalue weighted by atomic mass is 16.5. The van der Waals surface area contributed by atoms with Crippen LogP contribution in [0.3, 0.4) is 0 Å². The molecule has 1 amide bonds. The summed E-state index contributed by atoms with van der Waals surface area (Å²) in [5.74, 6) is 0.757. The summed E-state index contributed by atoms with van der Waals surface area (Å²) < 4.78 is 10.5. The highest BCUT2D eigenvalue weighted by Crippen LogP contribution is 2.01. The van der Waals surface area contributed by atoms with E-state index in [1.54, 1.807) is 0 Å². The number of ether oxygens (including phenoxy) is 2. The Morgan fingerprint density at radius 3 is 1.75 bits per heavy atom. The van der Waals surface area contributed by atoms with Gasteiger partial charge in [-0.3, -0.25) is 14.4 Å². The molecule has 0 radical (unpaired) electrons. The van der Waals surface area contributed by atoms with Crippen molar-refractivity contribution in [3.63, 3.8) is 0 Å². The molecule has 166 valence electrons. The van der Waals surface area contributed by atoms with Gasteiger partial charge in [-0.1, -0.05) is 34.1 Å². The van der Waals surface area contributed by atoms with E-state index >= 15 is 0 Å². The molecule has 6 nitrogen and oxygen atoms in total. The molecule has 0 aromatic carbocycles. The second-order valence-corrected chi connectivity index (χ2v) is 6.63. The lowest BCUT2D eigenvalue weighted by molar-refractivity contribution is -0.121. The zero-order valence-corrected chi connectivity index (χ0v) is 18.6. The number of hydrogen-bond donors (Lipinski definition) is 1. The molecule has 28 heavy (non-hydrogen) atoms. The van der Waals surface area contributed by atoms with E-state index < -0.39 is 0 Å². The van der Waals surface area contributed by atoms with Crippen molar-refractivity contribution in [3.05, 3.63) is 0 Å². The molecular weight excluding hydrogens is 358 g/mol. The van der Waals surface area contributed by atoms with Crippen LogP contribution < -0.4 is 5.32 Å². The predicted octanol–water partition coefficient (Wildman–Crippen LogP) is 4.24. The fraction of sp³-hybridized carbons (Fsp3) is 0.864. The topological polar surface area (TPSA) is 81.7 Å². The zero-order chi connectivity index (χ0) is 21.5. The number of nitrogens with one attached hydrogen (secondary N) is 1. The van der Waals surface area contributed by atoms with Crippen LogP contribution in [0.15, 0.2) is 0 Å². The minimum Gasteiger partial charge on any atom is -0.379 e. The van der Waals surface area contributed by atoms with E-state index in [2.05, 4.69) is 12.2 Å². The third-order valence-electron chi connectivity index (χ3n) is 4.03. The lowest BCUT2D eigenvalue weighted by Crippen LogP contribution is -2.23. The molecule has 6 heteroatoms. The first-order chi connectivity index (χ1) is 13.5. The Balaban J connectivity index is 0. The van der Waals surface area contributed by atoms with E-state index in [4.69, 9.17) is 9.47 Å². The number of carbonyl (C=O) groups excluding carboxylic acids is 3. The zero-order valence-electron chi connectivity index (χ0n) is 18.6. The third-order valence-corrected chi connectivity index (χ3v) is 4.03. The van der Waals surface area contributed by atoms with Crippen LogP contribution >= 0.6 is 0 Å². The Kier molecular flexibility index (Phi) is 24.6. The smallest absolute Gasteiger partial charge is 0.219 e. The van der Waals surface area contributed by atoms with Crippen LogP contribution in [0.2, 0.25) is 0 Å². The first-order valence-electron chi connectivity index (χ1n) is 11.0. The molecule has 0 aliphatic carbocycles. The Morgan fingerprint density at radius 1 is 0.643 bits per heavy atom. The number of unbranched alkanes of at least 4 members (excludes halogenated alkanes) is 2. The molecule has 0 aromatic rings. The molecule has 0 heterocycles. The minimum atomic E-state index is 0.106. The first kappa shape index (κ1) is 28.9. The Morgan fingerprint density at radius 2 is 1.21 bits per heavy atom. The van der Waals surface area contributed by atoms with E-state index in [0.29, 0.717) is 63.5 Å². The number of Topliss-reactive ketones (excluding diaryl/α,β-unsaturated/α-hetero) is 2. The van der Waals surface area contributed by atoms with Crippen molar-refractivity contribution in [2.75, 3.05) is 33.0 Å².